The van der Waals surface area contributed by atoms with Crippen molar-refractivity contribution in [3.05, 3.63) is 93.2 Å². The van der Waals surface area contributed by atoms with Crippen molar-refractivity contribution in [3.8, 4) is 11.4 Å². The average Bonchev–Trinajstić information content (AvgIpc) is 3.42. The highest BCUT2D eigenvalue weighted by Gasteiger charge is 2.34. The zero-order valence-corrected chi connectivity index (χ0v) is 18.7. The summed E-state index contributed by atoms with van der Waals surface area (Å²) in [7, 11) is 1.90. The monoisotopic (exact) mass is 472 g/mol. The number of carbonyl (C=O) groups is 2. The van der Waals surface area contributed by atoms with E-state index in [-0.39, 0.29) is 26.7 Å². The molecule has 3 aromatic carbocycles. The number of carbonyl (C=O) groups excluding carboxylic acids is 2. The van der Waals surface area contributed by atoms with Crippen molar-refractivity contribution in [2.75, 3.05) is 0 Å². The lowest BCUT2D eigenvalue weighted by molar-refractivity contribution is 0.0990. The zero-order chi connectivity index (χ0) is 22.9. The Balaban J connectivity index is 1.40. The Morgan fingerprint density at radius 1 is 0.879 bits per heavy atom. The fourth-order valence-electron chi connectivity index (χ4n) is 4.24. The van der Waals surface area contributed by atoms with Crippen molar-refractivity contribution in [1.82, 2.24) is 9.55 Å². The fraction of sp³-hybridized carbons (Fsp3) is 0.0385. The van der Waals surface area contributed by atoms with Crippen LogP contribution in [-0.4, -0.2) is 21.1 Å². The second-order valence-electron chi connectivity index (χ2n) is 7.92. The summed E-state index contributed by atoms with van der Waals surface area (Å²) in [4.78, 5) is 30.2. The standard InChI is InChI=1S/C26H14Cl2N2O3/c1-30-22-10-16(9-19-23(31)17-11-20(27)21(28)12-18(17)24(19)32)33-26(22)29-25(30)15-7-6-13-4-2-3-5-14(13)8-15/h2-12H,1H3. The molecule has 0 radical (unpaired) electrons. The lowest BCUT2D eigenvalue weighted by atomic mass is 10.1. The Kier molecular flexibility index (Phi) is 4.34. The van der Waals surface area contributed by atoms with Crippen LogP contribution in [0.2, 0.25) is 10.0 Å². The van der Waals surface area contributed by atoms with Crippen LogP contribution in [-0.2, 0) is 7.05 Å². The number of Topliss-reactive ketones (excluding diaryl/α,β-unsaturated/α-hetero) is 2. The number of fused-ring (bicyclic) bond motifs is 3. The van der Waals surface area contributed by atoms with Gasteiger partial charge in [-0.25, -0.2) is 0 Å². The van der Waals surface area contributed by atoms with Gasteiger partial charge in [0, 0.05) is 29.8 Å². The van der Waals surface area contributed by atoms with Crippen LogP contribution < -0.4 is 0 Å². The second kappa shape index (κ2) is 7.17. The third-order valence-electron chi connectivity index (χ3n) is 5.93. The van der Waals surface area contributed by atoms with Crippen molar-refractivity contribution in [2.45, 2.75) is 0 Å². The highest BCUT2D eigenvalue weighted by atomic mass is 35.5. The molecule has 1 aliphatic rings. The van der Waals surface area contributed by atoms with Crippen LogP contribution in [0.15, 0.2) is 70.7 Å². The van der Waals surface area contributed by atoms with Gasteiger partial charge >= 0.3 is 0 Å². The molecule has 5 aromatic rings. The van der Waals surface area contributed by atoms with Crippen LogP contribution in [0.25, 0.3) is 39.5 Å². The SMILES string of the molecule is Cn1c(-c2ccc3ccccc3c2)nc2oc(C=C3C(=O)c4cc(Cl)c(Cl)cc4C3=O)cc21. The summed E-state index contributed by atoms with van der Waals surface area (Å²) in [6, 6.07) is 18.9. The minimum absolute atomic E-state index is 0.0112. The lowest BCUT2D eigenvalue weighted by Crippen LogP contribution is -1.99. The first kappa shape index (κ1) is 20.0. The van der Waals surface area contributed by atoms with Crippen molar-refractivity contribution in [3.63, 3.8) is 0 Å². The van der Waals surface area contributed by atoms with E-state index in [0.29, 0.717) is 11.5 Å². The van der Waals surface area contributed by atoms with Gasteiger partial charge in [-0.2, -0.15) is 4.98 Å². The molecule has 0 fully saturated rings. The summed E-state index contributed by atoms with van der Waals surface area (Å²) in [6.07, 6.45) is 1.45. The number of aromatic nitrogens is 2. The summed E-state index contributed by atoms with van der Waals surface area (Å²) in [5.74, 6) is 0.325. The number of hydrogen-bond donors (Lipinski definition) is 0. The summed E-state index contributed by atoms with van der Waals surface area (Å²) < 4.78 is 7.81. The smallest absolute Gasteiger partial charge is 0.245 e. The molecule has 7 heteroatoms. The minimum atomic E-state index is -0.404. The van der Waals surface area contributed by atoms with Crippen molar-refractivity contribution in [2.24, 2.45) is 7.05 Å². The number of benzene rings is 3. The van der Waals surface area contributed by atoms with E-state index >= 15 is 0 Å². The molecule has 0 atom stereocenters. The first-order chi connectivity index (χ1) is 15.9. The van der Waals surface area contributed by atoms with Gasteiger partial charge in [-0.05, 0) is 35.0 Å². The summed E-state index contributed by atoms with van der Waals surface area (Å²) in [5, 5.41) is 2.74. The summed E-state index contributed by atoms with van der Waals surface area (Å²) >= 11 is 12.0. The predicted octanol–water partition coefficient (Wildman–Crippen LogP) is 6.76. The molecule has 2 aromatic heterocycles. The molecule has 33 heavy (non-hydrogen) atoms. The zero-order valence-electron chi connectivity index (χ0n) is 17.2. The molecule has 1 aliphatic carbocycles. The Bertz CT molecular complexity index is 1650. The van der Waals surface area contributed by atoms with Gasteiger partial charge in [-0.1, -0.05) is 59.6 Å². The number of rotatable bonds is 2. The van der Waals surface area contributed by atoms with E-state index in [4.69, 9.17) is 27.6 Å². The van der Waals surface area contributed by atoms with Gasteiger partial charge in [0.15, 0.2) is 11.6 Å². The van der Waals surface area contributed by atoms with Crippen LogP contribution in [0.5, 0.6) is 0 Å². The summed E-state index contributed by atoms with van der Waals surface area (Å²) in [5.41, 5.74) is 2.65. The molecule has 0 saturated heterocycles. The molecular weight excluding hydrogens is 459 g/mol. The van der Waals surface area contributed by atoms with Gasteiger partial charge in [-0.3, -0.25) is 9.59 Å². The van der Waals surface area contributed by atoms with Crippen LogP contribution in [0.1, 0.15) is 26.5 Å². The van der Waals surface area contributed by atoms with E-state index in [9.17, 15) is 9.59 Å². The van der Waals surface area contributed by atoms with E-state index < -0.39 is 11.6 Å². The lowest BCUT2D eigenvalue weighted by Gasteiger charge is -2.04. The van der Waals surface area contributed by atoms with Crippen molar-refractivity contribution in [1.29, 1.82) is 0 Å². The highest BCUT2D eigenvalue weighted by Crippen LogP contribution is 2.35. The molecule has 0 spiro atoms. The fourth-order valence-corrected chi connectivity index (χ4v) is 4.57. The first-order valence-electron chi connectivity index (χ1n) is 10.2. The van der Waals surface area contributed by atoms with Crippen LogP contribution in [0.3, 0.4) is 0 Å². The molecule has 0 N–H and O–H groups in total. The van der Waals surface area contributed by atoms with E-state index in [1.807, 2.05) is 29.8 Å². The molecule has 0 saturated carbocycles. The van der Waals surface area contributed by atoms with E-state index in [2.05, 4.69) is 29.2 Å². The van der Waals surface area contributed by atoms with Crippen LogP contribution in [0.4, 0.5) is 0 Å². The highest BCUT2D eigenvalue weighted by molar-refractivity contribution is 6.46. The molecule has 2 heterocycles. The molecule has 0 bridgehead atoms. The third-order valence-corrected chi connectivity index (χ3v) is 6.65. The van der Waals surface area contributed by atoms with E-state index in [0.717, 1.165) is 27.7 Å². The topological polar surface area (TPSA) is 65.1 Å². The van der Waals surface area contributed by atoms with Gasteiger partial charge in [0.05, 0.1) is 15.6 Å². The van der Waals surface area contributed by atoms with Gasteiger partial charge in [0.25, 0.3) is 0 Å². The predicted molar refractivity (Wildman–Crippen MR) is 129 cm³/mol. The number of allylic oxidation sites excluding steroid dienone is 1. The third kappa shape index (κ3) is 3.04. The maximum absolute atomic E-state index is 12.8. The van der Waals surface area contributed by atoms with E-state index in [1.165, 1.54) is 18.2 Å². The van der Waals surface area contributed by atoms with Gasteiger partial charge in [0.1, 0.15) is 17.1 Å². The Morgan fingerprint density at radius 3 is 2.21 bits per heavy atom. The van der Waals surface area contributed by atoms with E-state index in [1.54, 1.807) is 6.07 Å². The number of hydrogen-bond acceptors (Lipinski definition) is 4. The molecule has 5 nitrogen and oxygen atoms in total. The average molecular weight is 473 g/mol. The van der Waals surface area contributed by atoms with Crippen molar-refractivity contribution >= 4 is 62.8 Å². The van der Waals surface area contributed by atoms with Gasteiger partial charge in [-0.15, -0.1) is 0 Å². The number of halogens is 2. The normalized spacial score (nSPS) is 13.4. The minimum Gasteiger partial charge on any atom is -0.437 e. The van der Waals surface area contributed by atoms with Crippen LogP contribution in [0, 0.1) is 0 Å². The number of furan rings is 1. The Hall–Kier alpha value is -3.67. The number of nitrogens with zero attached hydrogens (tertiary/aromatic N) is 2. The van der Waals surface area contributed by atoms with Gasteiger partial charge in [0.2, 0.25) is 5.71 Å². The molecule has 0 unspecified atom stereocenters. The molecule has 0 amide bonds. The second-order valence-corrected chi connectivity index (χ2v) is 8.74. The molecule has 6 rings (SSSR count). The number of imidazole rings is 1. The molecule has 160 valence electrons. The Labute approximate surface area is 197 Å². The molecular formula is C26H14Cl2N2O3. The first-order valence-corrected chi connectivity index (χ1v) is 10.9. The maximum atomic E-state index is 12.8. The largest absolute Gasteiger partial charge is 0.437 e. The quantitative estimate of drug-likeness (QED) is 0.210. The van der Waals surface area contributed by atoms with Crippen molar-refractivity contribution < 1.29 is 14.0 Å². The summed E-state index contributed by atoms with van der Waals surface area (Å²) in [6.45, 7) is 0. The van der Waals surface area contributed by atoms with Gasteiger partial charge < -0.3 is 8.98 Å². The number of ketones is 2. The molecule has 0 aliphatic heterocycles. The Morgan fingerprint density at radius 2 is 1.55 bits per heavy atom. The van der Waals surface area contributed by atoms with Crippen LogP contribution >= 0.6 is 23.2 Å². The number of aryl methyl sites for hydroxylation is 1. The maximum Gasteiger partial charge on any atom is 0.245 e.